The van der Waals surface area contributed by atoms with Gasteiger partial charge in [0.15, 0.2) is 0 Å². The average Bonchev–Trinajstić information content (AvgIpc) is 2.94. The molecule has 1 unspecified atom stereocenters. The fourth-order valence-electron chi connectivity index (χ4n) is 1.62. The molecule has 1 atom stereocenters. The van der Waals surface area contributed by atoms with Gasteiger partial charge in [-0.25, -0.2) is 0 Å². The Hall–Kier alpha value is -1.75. The van der Waals surface area contributed by atoms with Gasteiger partial charge in [-0.15, -0.1) is 11.8 Å². The minimum absolute atomic E-state index is 0.00653. The SMILES string of the molecule is CCC(SCc1ccco1)C(=O)Nc1cccnc1. The highest BCUT2D eigenvalue weighted by molar-refractivity contribution is 7.99. The molecule has 0 aliphatic rings. The maximum absolute atomic E-state index is 12.1. The number of thioether (sulfide) groups is 1. The van der Waals surface area contributed by atoms with Crippen LogP contribution < -0.4 is 5.32 Å². The zero-order valence-electron chi connectivity index (χ0n) is 10.7. The van der Waals surface area contributed by atoms with Crippen LogP contribution in [0.3, 0.4) is 0 Å². The molecule has 2 rings (SSSR count). The molecular weight excluding hydrogens is 260 g/mol. The number of pyridine rings is 1. The molecule has 4 nitrogen and oxygen atoms in total. The van der Waals surface area contributed by atoms with Crippen LogP contribution in [0.2, 0.25) is 0 Å². The highest BCUT2D eigenvalue weighted by Crippen LogP contribution is 2.22. The van der Waals surface area contributed by atoms with Gasteiger partial charge in [-0.3, -0.25) is 9.78 Å². The molecule has 0 saturated heterocycles. The summed E-state index contributed by atoms with van der Waals surface area (Å²) in [5.41, 5.74) is 0.726. The summed E-state index contributed by atoms with van der Waals surface area (Å²) >= 11 is 1.58. The summed E-state index contributed by atoms with van der Waals surface area (Å²) in [5.74, 6) is 1.59. The van der Waals surface area contributed by atoms with Crippen molar-refractivity contribution < 1.29 is 9.21 Å². The highest BCUT2D eigenvalue weighted by Gasteiger charge is 2.17. The number of hydrogen-bond donors (Lipinski definition) is 1. The third-order valence-electron chi connectivity index (χ3n) is 2.60. The lowest BCUT2D eigenvalue weighted by molar-refractivity contribution is -0.115. The Balaban J connectivity index is 1.88. The molecule has 1 N–H and O–H groups in total. The Bertz CT molecular complexity index is 499. The predicted octanol–water partition coefficient (Wildman–Crippen LogP) is 3.33. The fourth-order valence-corrected chi connectivity index (χ4v) is 2.59. The summed E-state index contributed by atoms with van der Waals surface area (Å²) in [4.78, 5) is 16.1. The van der Waals surface area contributed by atoms with Gasteiger partial charge in [0.05, 0.1) is 29.2 Å². The summed E-state index contributed by atoms with van der Waals surface area (Å²) in [6.45, 7) is 2.00. The molecular formula is C14H16N2O2S. The summed E-state index contributed by atoms with van der Waals surface area (Å²) in [7, 11) is 0. The van der Waals surface area contributed by atoms with E-state index in [4.69, 9.17) is 4.42 Å². The van der Waals surface area contributed by atoms with Crippen LogP contribution in [0, 0.1) is 0 Å². The highest BCUT2D eigenvalue weighted by atomic mass is 32.2. The number of carbonyl (C=O) groups excluding carboxylic acids is 1. The molecule has 0 bridgehead atoms. The number of nitrogens with one attached hydrogen (secondary N) is 1. The lowest BCUT2D eigenvalue weighted by atomic mass is 10.3. The van der Waals surface area contributed by atoms with Crippen LogP contribution in [0.4, 0.5) is 5.69 Å². The molecule has 19 heavy (non-hydrogen) atoms. The van der Waals surface area contributed by atoms with Crippen molar-refractivity contribution in [1.82, 2.24) is 4.98 Å². The first kappa shape index (κ1) is 13.7. The van der Waals surface area contributed by atoms with E-state index in [9.17, 15) is 4.79 Å². The van der Waals surface area contributed by atoms with Crippen LogP contribution in [0.1, 0.15) is 19.1 Å². The van der Waals surface area contributed by atoms with E-state index < -0.39 is 0 Å². The van der Waals surface area contributed by atoms with Crippen LogP contribution in [0.5, 0.6) is 0 Å². The van der Waals surface area contributed by atoms with E-state index in [1.165, 1.54) is 0 Å². The smallest absolute Gasteiger partial charge is 0.237 e. The third-order valence-corrected chi connectivity index (χ3v) is 4.00. The molecule has 0 saturated carbocycles. The zero-order chi connectivity index (χ0) is 13.5. The fraction of sp³-hybridized carbons (Fsp3) is 0.286. The van der Waals surface area contributed by atoms with E-state index in [-0.39, 0.29) is 11.2 Å². The van der Waals surface area contributed by atoms with Crippen molar-refractivity contribution in [2.45, 2.75) is 24.3 Å². The van der Waals surface area contributed by atoms with Crippen molar-refractivity contribution in [1.29, 1.82) is 0 Å². The first-order chi connectivity index (χ1) is 9.29. The molecule has 0 radical (unpaired) electrons. The standard InChI is InChI=1S/C14H16N2O2S/c1-2-13(19-10-12-6-4-8-18-12)14(17)16-11-5-3-7-15-9-11/h3-9,13H,2,10H2,1H3,(H,16,17). The summed E-state index contributed by atoms with van der Waals surface area (Å²) in [5, 5.41) is 2.78. The van der Waals surface area contributed by atoms with Gasteiger partial charge in [0.1, 0.15) is 5.76 Å². The van der Waals surface area contributed by atoms with Crippen molar-refractivity contribution in [3.8, 4) is 0 Å². The molecule has 2 aromatic rings. The Morgan fingerprint density at radius 2 is 2.37 bits per heavy atom. The zero-order valence-corrected chi connectivity index (χ0v) is 11.5. The molecule has 2 heterocycles. The van der Waals surface area contributed by atoms with Crippen molar-refractivity contribution in [2.75, 3.05) is 5.32 Å². The van der Waals surface area contributed by atoms with E-state index in [0.717, 1.165) is 17.9 Å². The number of aromatic nitrogens is 1. The van der Waals surface area contributed by atoms with Gasteiger partial charge in [-0.2, -0.15) is 0 Å². The van der Waals surface area contributed by atoms with Crippen molar-refractivity contribution >= 4 is 23.4 Å². The monoisotopic (exact) mass is 276 g/mol. The predicted molar refractivity (Wildman–Crippen MR) is 76.9 cm³/mol. The summed E-state index contributed by atoms with van der Waals surface area (Å²) in [6.07, 6.45) is 5.74. The van der Waals surface area contributed by atoms with Crippen molar-refractivity contribution in [3.05, 3.63) is 48.7 Å². The Kier molecular flexibility index (Phi) is 5.03. The summed E-state index contributed by atoms with van der Waals surface area (Å²) in [6, 6.07) is 7.40. The molecule has 0 aromatic carbocycles. The Morgan fingerprint density at radius 3 is 3.00 bits per heavy atom. The van der Waals surface area contributed by atoms with E-state index in [2.05, 4.69) is 10.3 Å². The first-order valence-corrected chi connectivity index (χ1v) is 7.19. The number of carbonyl (C=O) groups is 1. The van der Waals surface area contributed by atoms with E-state index in [1.54, 1.807) is 36.5 Å². The Morgan fingerprint density at radius 1 is 1.47 bits per heavy atom. The summed E-state index contributed by atoms with van der Waals surface area (Å²) < 4.78 is 5.26. The molecule has 100 valence electrons. The molecule has 0 aliphatic carbocycles. The van der Waals surface area contributed by atoms with E-state index in [0.29, 0.717) is 5.75 Å². The second-order valence-electron chi connectivity index (χ2n) is 4.02. The van der Waals surface area contributed by atoms with Crippen molar-refractivity contribution in [3.63, 3.8) is 0 Å². The number of furan rings is 1. The second-order valence-corrected chi connectivity index (χ2v) is 5.21. The van der Waals surface area contributed by atoms with Gasteiger partial charge < -0.3 is 9.73 Å². The number of rotatable bonds is 6. The number of hydrogen-bond acceptors (Lipinski definition) is 4. The molecule has 2 aromatic heterocycles. The van der Waals surface area contributed by atoms with E-state index in [1.807, 2.05) is 25.1 Å². The number of anilines is 1. The first-order valence-electron chi connectivity index (χ1n) is 6.14. The quantitative estimate of drug-likeness (QED) is 0.879. The largest absolute Gasteiger partial charge is 0.468 e. The van der Waals surface area contributed by atoms with Gasteiger partial charge in [-0.05, 0) is 30.7 Å². The maximum atomic E-state index is 12.1. The molecule has 0 fully saturated rings. The maximum Gasteiger partial charge on any atom is 0.237 e. The molecule has 1 amide bonds. The van der Waals surface area contributed by atoms with Gasteiger partial charge in [0.25, 0.3) is 0 Å². The van der Waals surface area contributed by atoms with Crippen LogP contribution in [-0.2, 0) is 10.5 Å². The van der Waals surface area contributed by atoms with E-state index >= 15 is 0 Å². The van der Waals surface area contributed by atoms with Crippen LogP contribution in [0.25, 0.3) is 0 Å². The number of amides is 1. The van der Waals surface area contributed by atoms with Gasteiger partial charge in [0, 0.05) is 6.20 Å². The Labute approximate surface area is 116 Å². The lowest BCUT2D eigenvalue weighted by Crippen LogP contribution is -2.24. The van der Waals surface area contributed by atoms with Crippen LogP contribution in [-0.4, -0.2) is 16.1 Å². The van der Waals surface area contributed by atoms with Gasteiger partial charge in [0.2, 0.25) is 5.91 Å². The lowest BCUT2D eigenvalue weighted by Gasteiger charge is -2.13. The molecule has 0 spiro atoms. The number of nitrogens with zero attached hydrogens (tertiary/aromatic N) is 1. The van der Waals surface area contributed by atoms with Crippen LogP contribution >= 0.6 is 11.8 Å². The second kappa shape index (κ2) is 6.99. The normalized spacial score (nSPS) is 12.1. The minimum Gasteiger partial charge on any atom is -0.468 e. The van der Waals surface area contributed by atoms with Crippen molar-refractivity contribution in [2.24, 2.45) is 0 Å². The molecule has 5 heteroatoms. The topological polar surface area (TPSA) is 55.1 Å². The minimum atomic E-state index is -0.0923. The molecule has 0 aliphatic heterocycles. The van der Waals surface area contributed by atoms with Gasteiger partial charge >= 0.3 is 0 Å². The van der Waals surface area contributed by atoms with Gasteiger partial charge in [-0.1, -0.05) is 6.92 Å². The van der Waals surface area contributed by atoms with Crippen LogP contribution in [0.15, 0.2) is 47.3 Å². The third kappa shape index (κ3) is 4.13. The average molecular weight is 276 g/mol.